The predicted octanol–water partition coefficient (Wildman–Crippen LogP) is 8.74. The molecule has 1 aromatic carbocycles. The van der Waals surface area contributed by atoms with E-state index >= 15 is 0 Å². The third-order valence-electron chi connectivity index (χ3n) is 6.06. The van der Waals surface area contributed by atoms with Gasteiger partial charge in [-0.1, -0.05) is 90.9 Å². The topological polar surface area (TPSA) is 44.2 Å². The van der Waals surface area contributed by atoms with Crippen LogP contribution in [0.25, 0.3) is 11.4 Å². The van der Waals surface area contributed by atoms with Crippen LogP contribution in [0.4, 0.5) is 4.39 Å². The molecule has 34 heavy (non-hydrogen) atoms. The minimum Gasteiger partial charge on any atom is -0.491 e. The number of alkyl halides is 1. The van der Waals surface area contributed by atoms with Gasteiger partial charge < -0.3 is 9.47 Å². The Morgan fingerprint density at radius 1 is 0.676 bits per heavy atom. The van der Waals surface area contributed by atoms with Crippen LogP contribution in [0.5, 0.6) is 11.5 Å². The van der Waals surface area contributed by atoms with Gasteiger partial charge in [-0.3, -0.25) is 0 Å². The molecule has 0 aliphatic carbocycles. The molecule has 0 saturated heterocycles. The fourth-order valence-corrected chi connectivity index (χ4v) is 3.91. The van der Waals surface area contributed by atoms with Crippen LogP contribution in [0.15, 0.2) is 36.7 Å². The summed E-state index contributed by atoms with van der Waals surface area (Å²) in [4.78, 5) is 8.86. The number of aromatic nitrogens is 2. The Bertz CT molecular complexity index is 737. The van der Waals surface area contributed by atoms with Crippen molar-refractivity contribution in [1.82, 2.24) is 9.97 Å². The van der Waals surface area contributed by atoms with Crippen LogP contribution >= 0.6 is 0 Å². The van der Waals surface area contributed by atoms with E-state index in [9.17, 15) is 4.39 Å². The highest BCUT2D eigenvalue weighted by molar-refractivity contribution is 5.56. The number of hydrogen-bond donors (Lipinski definition) is 0. The van der Waals surface area contributed by atoms with Gasteiger partial charge in [0.1, 0.15) is 18.5 Å². The van der Waals surface area contributed by atoms with Gasteiger partial charge in [0.05, 0.1) is 19.0 Å². The Balaban J connectivity index is 1.61. The molecule has 4 nitrogen and oxygen atoms in total. The molecule has 1 atom stereocenters. The molecule has 190 valence electrons. The molecule has 1 aromatic heterocycles. The van der Waals surface area contributed by atoms with E-state index in [1.54, 1.807) is 12.4 Å². The number of benzene rings is 1. The molecule has 2 rings (SSSR count). The summed E-state index contributed by atoms with van der Waals surface area (Å²) >= 11 is 0. The molecule has 5 heteroatoms. The van der Waals surface area contributed by atoms with E-state index in [0.29, 0.717) is 30.4 Å². The van der Waals surface area contributed by atoms with E-state index < -0.39 is 6.17 Å². The summed E-state index contributed by atoms with van der Waals surface area (Å²) in [6.45, 7) is 5.23. The lowest BCUT2D eigenvalue weighted by Gasteiger charge is -2.11. The van der Waals surface area contributed by atoms with Crippen LogP contribution in [-0.4, -0.2) is 29.4 Å². The van der Waals surface area contributed by atoms with Gasteiger partial charge in [0.15, 0.2) is 11.6 Å². The molecule has 1 unspecified atom stereocenters. The molecule has 0 N–H and O–H groups in total. The van der Waals surface area contributed by atoms with E-state index in [-0.39, 0.29) is 6.61 Å². The molecule has 0 spiro atoms. The van der Waals surface area contributed by atoms with Gasteiger partial charge in [0, 0.05) is 5.56 Å². The van der Waals surface area contributed by atoms with E-state index in [0.717, 1.165) is 24.8 Å². The van der Waals surface area contributed by atoms with E-state index in [4.69, 9.17) is 9.47 Å². The van der Waals surface area contributed by atoms with E-state index in [1.165, 1.54) is 64.2 Å². The maximum absolute atomic E-state index is 14.0. The normalized spacial score (nSPS) is 12.0. The number of halogens is 1. The minimum absolute atomic E-state index is 0.104. The number of nitrogens with zero attached hydrogens (tertiary/aromatic N) is 2. The largest absolute Gasteiger partial charge is 0.491 e. The van der Waals surface area contributed by atoms with Crippen molar-refractivity contribution >= 4 is 0 Å². The summed E-state index contributed by atoms with van der Waals surface area (Å²) in [5.74, 6) is 2.01. The van der Waals surface area contributed by atoms with Crippen LogP contribution in [0, 0.1) is 0 Å². The molecule has 0 fully saturated rings. The third kappa shape index (κ3) is 12.3. The molecule has 0 bridgehead atoms. The summed E-state index contributed by atoms with van der Waals surface area (Å²) < 4.78 is 25.4. The highest BCUT2D eigenvalue weighted by Gasteiger charge is 2.08. The second-order valence-electron chi connectivity index (χ2n) is 9.20. The van der Waals surface area contributed by atoms with Gasteiger partial charge >= 0.3 is 0 Å². The first-order valence-corrected chi connectivity index (χ1v) is 13.5. The molecule has 0 amide bonds. The summed E-state index contributed by atoms with van der Waals surface area (Å²) in [5, 5.41) is 0. The second kappa shape index (κ2) is 18.2. The molecular formula is C29H45FN2O2. The van der Waals surface area contributed by atoms with Crippen molar-refractivity contribution in [3.05, 3.63) is 36.7 Å². The molecular weight excluding hydrogens is 427 g/mol. The Labute approximate surface area is 206 Å². The number of rotatable bonds is 20. The Morgan fingerprint density at radius 2 is 1.24 bits per heavy atom. The average Bonchev–Trinajstić information content (AvgIpc) is 2.87. The van der Waals surface area contributed by atoms with Crippen molar-refractivity contribution in [3.8, 4) is 22.9 Å². The summed E-state index contributed by atoms with van der Waals surface area (Å²) in [7, 11) is 0. The van der Waals surface area contributed by atoms with Gasteiger partial charge in [-0.05, 0) is 37.1 Å². The first kappa shape index (κ1) is 28.1. The van der Waals surface area contributed by atoms with E-state index in [2.05, 4.69) is 23.8 Å². The second-order valence-corrected chi connectivity index (χ2v) is 9.20. The SMILES string of the molecule is CCCCCCCCCCCOc1cnc(-c2ccc(OCC(F)CCCCCC)cc2)nc1. The number of ether oxygens (including phenoxy) is 2. The summed E-state index contributed by atoms with van der Waals surface area (Å²) in [5.41, 5.74) is 0.897. The smallest absolute Gasteiger partial charge is 0.159 e. The van der Waals surface area contributed by atoms with Gasteiger partial charge in [-0.2, -0.15) is 0 Å². The van der Waals surface area contributed by atoms with E-state index in [1.807, 2.05) is 24.3 Å². The fourth-order valence-electron chi connectivity index (χ4n) is 3.91. The Kier molecular flexibility index (Phi) is 15.0. The standard InChI is InChI=1S/C29H45FN2O2/c1-3-5-7-9-10-11-12-13-15-21-33-28-22-31-29(32-23-28)25-17-19-27(20-18-25)34-24-26(30)16-14-8-6-4-2/h17-20,22-23,26H,3-16,21,24H2,1-2H3. The minimum atomic E-state index is -0.914. The lowest BCUT2D eigenvalue weighted by Crippen LogP contribution is -2.12. The zero-order valence-corrected chi connectivity index (χ0v) is 21.4. The van der Waals surface area contributed by atoms with Crippen molar-refractivity contribution < 1.29 is 13.9 Å². The monoisotopic (exact) mass is 472 g/mol. The molecule has 2 aromatic rings. The number of unbranched alkanes of at least 4 members (excludes halogenated alkanes) is 11. The van der Waals surface area contributed by atoms with Gasteiger partial charge in [0.2, 0.25) is 0 Å². The quantitative estimate of drug-likeness (QED) is 0.181. The van der Waals surface area contributed by atoms with Crippen LogP contribution in [0.2, 0.25) is 0 Å². The lowest BCUT2D eigenvalue weighted by molar-refractivity contribution is 0.184. The van der Waals surface area contributed by atoms with Crippen molar-refractivity contribution in [3.63, 3.8) is 0 Å². The van der Waals surface area contributed by atoms with Crippen LogP contribution in [0.1, 0.15) is 104 Å². The zero-order valence-electron chi connectivity index (χ0n) is 21.4. The molecule has 0 radical (unpaired) electrons. The molecule has 1 heterocycles. The maximum Gasteiger partial charge on any atom is 0.159 e. The molecule has 0 aliphatic heterocycles. The van der Waals surface area contributed by atoms with Crippen molar-refractivity contribution in [2.24, 2.45) is 0 Å². The van der Waals surface area contributed by atoms with Gasteiger partial charge in [-0.25, -0.2) is 14.4 Å². The average molecular weight is 473 g/mol. The first-order chi connectivity index (χ1) is 16.7. The summed E-state index contributed by atoms with van der Waals surface area (Å²) in [6, 6.07) is 7.50. The van der Waals surface area contributed by atoms with Gasteiger partial charge in [-0.15, -0.1) is 0 Å². The Morgan fingerprint density at radius 3 is 1.85 bits per heavy atom. The predicted molar refractivity (Wildman–Crippen MR) is 139 cm³/mol. The van der Waals surface area contributed by atoms with Crippen LogP contribution in [-0.2, 0) is 0 Å². The molecule has 0 saturated carbocycles. The zero-order chi connectivity index (χ0) is 24.3. The fraction of sp³-hybridized carbons (Fsp3) is 0.655. The third-order valence-corrected chi connectivity index (χ3v) is 6.06. The maximum atomic E-state index is 14.0. The Hall–Kier alpha value is -2.17. The first-order valence-electron chi connectivity index (χ1n) is 13.5. The van der Waals surface area contributed by atoms with Gasteiger partial charge in [0.25, 0.3) is 0 Å². The van der Waals surface area contributed by atoms with Crippen molar-refractivity contribution in [1.29, 1.82) is 0 Å². The van der Waals surface area contributed by atoms with Crippen LogP contribution in [0.3, 0.4) is 0 Å². The highest BCUT2D eigenvalue weighted by atomic mass is 19.1. The highest BCUT2D eigenvalue weighted by Crippen LogP contribution is 2.21. The summed E-state index contributed by atoms with van der Waals surface area (Å²) in [6.07, 6.45) is 19.2. The molecule has 0 aliphatic rings. The van der Waals surface area contributed by atoms with Crippen molar-refractivity contribution in [2.75, 3.05) is 13.2 Å². The number of hydrogen-bond acceptors (Lipinski definition) is 4. The van der Waals surface area contributed by atoms with Crippen molar-refractivity contribution in [2.45, 2.75) is 110 Å². The van der Waals surface area contributed by atoms with Crippen LogP contribution < -0.4 is 9.47 Å². The lowest BCUT2D eigenvalue weighted by atomic mass is 10.1.